The van der Waals surface area contributed by atoms with Crippen LogP contribution < -0.4 is 9.47 Å². The molecule has 0 heterocycles. The minimum absolute atomic E-state index is 0.799. The lowest BCUT2D eigenvalue weighted by Gasteiger charge is -2.09. The van der Waals surface area contributed by atoms with Gasteiger partial charge in [0.1, 0.15) is 11.5 Å². The molecule has 0 saturated heterocycles. The number of hydrogen-bond donors (Lipinski definition) is 0. The highest BCUT2D eigenvalue weighted by molar-refractivity contribution is 9.09. The van der Waals surface area contributed by atoms with Crippen LogP contribution in [0.25, 0.3) is 10.8 Å². The summed E-state index contributed by atoms with van der Waals surface area (Å²) in [5.41, 5.74) is 0. The number of alkyl halides is 1. The fourth-order valence-corrected chi connectivity index (χ4v) is 3.59. The molecule has 27 heavy (non-hydrogen) atoms. The summed E-state index contributed by atoms with van der Waals surface area (Å²) in [4.78, 5) is 0. The van der Waals surface area contributed by atoms with Gasteiger partial charge in [0, 0.05) is 5.33 Å². The predicted octanol–water partition coefficient (Wildman–Crippen LogP) is 7.91. The van der Waals surface area contributed by atoms with Crippen molar-refractivity contribution >= 4 is 26.7 Å². The maximum absolute atomic E-state index is 5.93. The van der Waals surface area contributed by atoms with Gasteiger partial charge in [-0.3, -0.25) is 0 Å². The van der Waals surface area contributed by atoms with Crippen molar-refractivity contribution in [1.82, 2.24) is 0 Å². The Bertz CT molecular complexity index is 641. The molecule has 0 aromatic heterocycles. The summed E-state index contributed by atoms with van der Waals surface area (Å²) in [6.07, 6.45) is 12.6. The zero-order valence-electron chi connectivity index (χ0n) is 16.9. The third kappa shape index (κ3) is 9.01. The lowest BCUT2D eigenvalue weighted by Crippen LogP contribution is -1.98. The Morgan fingerprint density at radius 1 is 0.630 bits per heavy atom. The van der Waals surface area contributed by atoms with Crippen molar-refractivity contribution in [2.24, 2.45) is 0 Å². The molecule has 0 N–H and O–H groups in total. The van der Waals surface area contributed by atoms with Crippen molar-refractivity contribution in [1.29, 1.82) is 0 Å². The van der Waals surface area contributed by atoms with Gasteiger partial charge in [-0.05, 0) is 54.3 Å². The van der Waals surface area contributed by atoms with Gasteiger partial charge in [-0.2, -0.15) is 0 Å². The van der Waals surface area contributed by atoms with E-state index in [1.165, 1.54) is 62.1 Å². The molecule has 0 aliphatic heterocycles. The first-order chi connectivity index (χ1) is 13.3. The summed E-state index contributed by atoms with van der Waals surface area (Å²) in [6.45, 7) is 3.87. The van der Waals surface area contributed by atoms with E-state index in [2.05, 4.69) is 59.3 Å². The van der Waals surface area contributed by atoms with Gasteiger partial charge < -0.3 is 9.47 Å². The van der Waals surface area contributed by atoms with E-state index >= 15 is 0 Å². The molecule has 0 aliphatic rings. The van der Waals surface area contributed by atoms with Crippen LogP contribution in [0.2, 0.25) is 0 Å². The molecule has 0 amide bonds. The van der Waals surface area contributed by atoms with E-state index < -0.39 is 0 Å². The second-order valence-electron chi connectivity index (χ2n) is 7.24. The van der Waals surface area contributed by atoms with Crippen molar-refractivity contribution in [3.05, 3.63) is 36.4 Å². The highest BCUT2D eigenvalue weighted by atomic mass is 79.9. The lowest BCUT2D eigenvalue weighted by atomic mass is 10.1. The third-order valence-electron chi connectivity index (χ3n) is 4.85. The van der Waals surface area contributed by atoms with Crippen LogP contribution in [0.5, 0.6) is 11.5 Å². The Balaban J connectivity index is 1.72. The predicted molar refractivity (Wildman–Crippen MR) is 121 cm³/mol. The van der Waals surface area contributed by atoms with Crippen LogP contribution in [0.3, 0.4) is 0 Å². The lowest BCUT2D eigenvalue weighted by molar-refractivity contribution is 0.304. The van der Waals surface area contributed by atoms with Gasteiger partial charge in [0.15, 0.2) is 0 Å². The van der Waals surface area contributed by atoms with Gasteiger partial charge in [0.25, 0.3) is 0 Å². The highest BCUT2D eigenvalue weighted by Gasteiger charge is 2.01. The molecule has 0 fully saturated rings. The van der Waals surface area contributed by atoms with Crippen LogP contribution in [0.4, 0.5) is 0 Å². The number of hydrogen-bond acceptors (Lipinski definition) is 2. The number of rotatable bonds is 15. The van der Waals surface area contributed by atoms with Crippen molar-refractivity contribution in [2.75, 3.05) is 18.5 Å². The molecule has 0 unspecified atom stereocenters. The molecular weight excluding hydrogens is 400 g/mol. The second kappa shape index (κ2) is 13.9. The largest absolute Gasteiger partial charge is 0.494 e. The molecule has 0 bridgehead atoms. The normalized spacial score (nSPS) is 11.0. The summed E-state index contributed by atoms with van der Waals surface area (Å²) < 4.78 is 11.8. The van der Waals surface area contributed by atoms with Crippen LogP contribution in [0.1, 0.15) is 71.1 Å². The number of ether oxygens (including phenoxy) is 2. The van der Waals surface area contributed by atoms with Crippen molar-refractivity contribution in [3.8, 4) is 11.5 Å². The minimum Gasteiger partial charge on any atom is -0.494 e. The third-order valence-corrected chi connectivity index (χ3v) is 5.41. The first-order valence-electron chi connectivity index (χ1n) is 10.7. The number of benzene rings is 2. The average Bonchev–Trinajstić information content (AvgIpc) is 2.70. The van der Waals surface area contributed by atoms with E-state index in [1.807, 2.05) is 0 Å². The van der Waals surface area contributed by atoms with Crippen LogP contribution in [-0.4, -0.2) is 18.5 Å². The molecule has 2 aromatic rings. The Morgan fingerprint density at radius 2 is 1.11 bits per heavy atom. The minimum atomic E-state index is 0.799. The zero-order valence-corrected chi connectivity index (χ0v) is 18.4. The zero-order chi connectivity index (χ0) is 19.2. The summed E-state index contributed by atoms with van der Waals surface area (Å²) in [7, 11) is 0. The Hall–Kier alpha value is -1.22. The fourth-order valence-electron chi connectivity index (χ4n) is 3.19. The quantitative estimate of drug-likeness (QED) is 0.209. The van der Waals surface area contributed by atoms with Crippen LogP contribution in [-0.2, 0) is 0 Å². The molecule has 3 heteroatoms. The van der Waals surface area contributed by atoms with E-state index in [4.69, 9.17) is 9.47 Å². The van der Waals surface area contributed by atoms with Crippen LogP contribution in [0, 0.1) is 0 Å². The molecule has 150 valence electrons. The average molecular weight is 435 g/mol. The number of fused-ring (bicyclic) bond motifs is 1. The van der Waals surface area contributed by atoms with E-state index in [-0.39, 0.29) is 0 Å². The molecule has 0 saturated carbocycles. The Morgan fingerprint density at radius 3 is 1.63 bits per heavy atom. The standard InChI is InChI=1S/C24H35BrO2/c1-2-3-4-5-7-10-17-26-23-14-12-22-20-24(15-13-21(22)19-23)27-18-11-8-6-9-16-25/h12-15,19-20H,2-11,16-18H2,1H3. The monoisotopic (exact) mass is 434 g/mol. The van der Waals surface area contributed by atoms with Gasteiger partial charge in [-0.1, -0.05) is 79.9 Å². The van der Waals surface area contributed by atoms with E-state index in [0.717, 1.165) is 42.9 Å². The van der Waals surface area contributed by atoms with Gasteiger partial charge in [0.05, 0.1) is 13.2 Å². The molecular formula is C24H35BrO2. The SMILES string of the molecule is CCCCCCCCOc1ccc2cc(OCCCCCCBr)ccc2c1. The summed E-state index contributed by atoms with van der Waals surface area (Å²) in [5, 5.41) is 3.52. The summed E-state index contributed by atoms with van der Waals surface area (Å²) in [6, 6.07) is 12.7. The molecule has 0 spiro atoms. The first kappa shape index (κ1) is 22.1. The van der Waals surface area contributed by atoms with Gasteiger partial charge in [-0.25, -0.2) is 0 Å². The maximum Gasteiger partial charge on any atom is 0.119 e. The topological polar surface area (TPSA) is 18.5 Å². The molecule has 2 nitrogen and oxygen atoms in total. The van der Waals surface area contributed by atoms with E-state index in [9.17, 15) is 0 Å². The summed E-state index contributed by atoms with van der Waals surface area (Å²) in [5.74, 6) is 1.93. The molecule has 0 atom stereocenters. The highest BCUT2D eigenvalue weighted by Crippen LogP contribution is 2.25. The van der Waals surface area contributed by atoms with Crippen molar-refractivity contribution < 1.29 is 9.47 Å². The molecule has 2 rings (SSSR count). The van der Waals surface area contributed by atoms with Crippen molar-refractivity contribution in [2.45, 2.75) is 71.1 Å². The smallest absolute Gasteiger partial charge is 0.119 e. The van der Waals surface area contributed by atoms with Gasteiger partial charge in [-0.15, -0.1) is 0 Å². The van der Waals surface area contributed by atoms with E-state index in [0.29, 0.717) is 0 Å². The molecule has 2 aromatic carbocycles. The maximum atomic E-state index is 5.93. The number of unbranched alkanes of at least 4 members (excludes halogenated alkanes) is 8. The van der Waals surface area contributed by atoms with Crippen LogP contribution in [0.15, 0.2) is 36.4 Å². The Kier molecular flexibility index (Phi) is 11.3. The van der Waals surface area contributed by atoms with E-state index in [1.54, 1.807) is 0 Å². The van der Waals surface area contributed by atoms with Gasteiger partial charge in [0.2, 0.25) is 0 Å². The molecule has 0 aliphatic carbocycles. The van der Waals surface area contributed by atoms with Crippen LogP contribution >= 0.6 is 15.9 Å². The number of halogens is 1. The fraction of sp³-hybridized carbons (Fsp3) is 0.583. The second-order valence-corrected chi connectivity index (χ2v) is 8.03. The van der Waals surface area contributed by atoms with Gasteiger partial charge >= 0.3 is 0 Å². The Labute approximate surface area is 173 Å². The summed E-state index contributed by atoms with van der Waals surface area (Å²) >= 11 is 3.47. The first-order valence-corrected chi connectivity index (χ1v) is 11.8. The molecule has 0 radical (unpaired) electrons. The van der Waals surface area contributed by atoms with Crippen molar-refractivity contribution in [3.63, 3.8) is 0 Å².